The summed E-state index contributed by atoms with van der Waals surface area (Å²) in [5, 5.41) is 2.72. The second kappa shape index (κ2) is 7.89. The maximum absolute atomic E-state index is 14.5. The van der Waals surface area contributed by atoms with Gasteiger partial charge in [-0.2, -0.15) is 0 Å². The number of carbonyl (C=O) groups is 3. The number of halogens is 1. The van der Waals surface area contributed by atoms with Crippen molar-refractivity contribution in [2.75, 3.05) is 16.8 Å². The lowest BCUT2D eigenvalue weighted by atomic mass is 9.78. The quantitative estimate of drug-likeness (QED) is 0.782. The summed E-state index contributed by atoms with van der Waals surface area (Å²) in [6, 6.07) is 13.2. The van der Waals surface area contributed by atoms with Gasteiger partial charge in [-0.05, 0) is 38.0 Å². The lowest BCUT2D eigenvalue weighted by Gasteiger charge is -2.33. The van der Waals surface area contributed by atoms with E-state index in [-0.39, 0.29) is 12.5 Å². The monoisotopic (exact) mass is 410 g/mol. The number of amides is 2. The zero-order valence-electron chi connectivity index (χ0n) is 16.7. The molecule has 7 heteroatoms. The molecular weight excluding hydrogens is 387 g/mol. The summed E-state index contributed by atoms with van der Waals surface area (Å²) in [6.45, 7) is 1.33. The van der Waals surface area contributed by atoms with Gasteiger partial charge in [0.05, 0.1) is 16.8 Å². The number of esters is 1. The number of benzene rings is 2. The van der Waals surface area contributed by atoms with E-state index >= 15 is 0 Å². The second-order valence-corrected chi connectivity index (χ2v) is 7.81. The van der Waals surface area contributed by atoms with Crippen LogP contribution in [-0.2, 0) is 24.5 Å². The van der Waals surface area contributed by atoms with E-state index in [4.69, 9.17) is 4.74 Å². The third kappa shape index (κ3) is 3.44. The molecule has 2 aliphatic rings. The van der Waals surface area contributed by atoms with Gasteiger partial charge in [-0.15, -0.1) is 0 Å². The standard InChI is InChI=1S/C23H23FN2O4/c1-15(21(28)26-14-20(27)25-18-10-4-5-11-19(18)26)30-22(29)23(12-6-7-13-23)16-8-2-3-9-17(16)24/h2-5,8-11,15H,6-7,12-14H2,1H3,(H,25,27)/t15-/m1/s1. The SMILES string of the molecule is C[C@@H](OC(=O)C1(c2ccccc2F)CCCC1)C(=O)N1CC(=O)Nc2ccccc21. The number of rotatable bonds is 4. The van der Waals surface area contributed by atoms with Crippen molar-refractivity contribution < 1.29 is 23.5 Å². The molecule has 4 rings (SSSR count). The predicted octanol–water partition coefficient (Wildman–Crippen LogP) is 3.55. The molecule has 2 aromatic rings. The molecule has 156 valence electrons. The van der Waals surface area contributed by atoms with E-state index in [2.05, 4.69) is 5.32 Å². The molecular formula is C23H23FN2O4. The van der Waals surface area contributed by atoms with Gasteiger partial charge in [0.25, 0.3) is 5.91 Å². The Bertz CT molecular complexity index is 1000. The van der Waals surface area contributed by atoms with Crippen LogP contribution in [0.2, 0.25) is 0 Å². The first-order chi connectivity index (χ1) is 14.4. The molecule has 0 saturated heterocycles. The maximum atomic E-state index is 14.5. The smallest absolute Gasteiger partial charge is 0.317 e. The van der Waals surface area contributed by atoms with Crippen LogP contribution in [0.5, 0.6) is 0 Å². The van der Waals surface area contributed by atoms with E-state index < -0.39 is 29.2 Å². The molecule has 1 heterocycles. The fourth-order valence-electron chi connectivity index (χ4n) is 4.38. The lowest BCUT2D eigenvalue weighted by molar-refractivity contribution is -0.159. The van der Waals surface area contributed by atoms with Crippen molar-refractivity contribution in [3.8, 4) is 0 Å². The number of hydrogen-bond donors (Lipinski definition) is 1. The van der Waals surface area contributed by atoms with E-state index in [1.54, 1.807) is 42.5 Å². The number of ether oxygens (including phenoxy) is 1. The normalized spacial score (nSPS) is 18.3. The topological polar surface area (TPSA) is 75.7 Å². The largest absolute Gasteiger partial charge is 0.452 e. The summed E-state index contributed by atoms with van der Waals surface area (Å²) in [4.78, 5) is 39.6. The summed E-state index contributed by atoms with van der Waals surface area (Å²) >= 11 is 0. The summed E-state index contributed by atoms with van der Waals surface area (Å²) in [5.74, 6) is -1.86. The highest BCUT2D eigenvalue weighted by molar-refractivity contribution is 6.11. The molecule has 0 unspecified atom stereocenters. The van der Waals surface area contributed by atoms with Gasteiger partial charge in [0, 0.05) is 5.56 Å². The Hall–Kier alpha value is -3.22. The van der Waals surface area contributed by atoms with Gasteiger partial charge < -0.3 is 10.1 Å². The van der Waals surface area contributed by atoms with Crippen LogP contribution in [0.1, 0.15) is 38.2 Å². The highest BCUT2D eigenvalue weighted by Gasteiger charge is 2.47. The fourth-order valence-corrected chi connectivity index (χ4v) is 4.38. The van der Waals surface area contributed by atoms with Crippen LogP contribution < -0.4 is 10.2 Å². The van der Waals surface area contributed by atoms with Crippen LogP contribution in [0.15, 0.2) is 48.5 Å². The van der Waals surface area contributed by atoms with E-state index in [9.17, 15) is 18.8 Å². The first-order valence-electron chi connectivity index (χ1n) is 10.1. The van der Waals surface area contributed by atoms with Crippen LogP contribution in [0, 0.1) is 5.82 Å². The average molecular weight is 410 g/mol. The third-order valence-electron chi connectivity index (χ3n) is 5.91. The summed E-state index contributed by atoms with van der Waals surface area (Å²) in [7, 11) is 0. The van der Waals surface area contributed by atoms with Gasteiger partial charge in [-0.1, -0.05) is 43.2 Å². The molecule has 0 bridgehead atoms. The van der Waals surface area contributed by atoms with Crippen molar-refractivity contribution in [2.45, 2.75) is 44.1 Å². The van der Waals surface area contributed by atoms with Crippen LogP contribution in [0.3, 0.4) is 0 Å². The van der Waals surface area contributed by atoms with Crippen molar-refractivity contribution in [2.24, 2.45) is 0 Å². The Balaban J connectivity index is 1.57. The number of anilines is 2. The predicted molar refractivity (Wildman–Crippen MR) is 110 cm³/mol. The molecule has 0 aromatic heterocycles. The Morgan fingerprint density at radius 2 is 1.77 bits per heavy atom. The van der Waals surface area contributed by atoms with Crippen molar-refractivity contribution in [3.05, 3.63) is 59.9 Å². The van der Waals surface area contributed by atoms with Crippen molar-refractivity contribution in [1.29, 1.82) is 0 Å². The molecule has 0 spiro atoms. The molecule has 1 aliphatic heterocycles. The number of para-hydroxylation sites is 2. The minimum Gasteiger partial charge on any atom is -0.452 e. The number of nitrogens with one attached hydrogen (secondary N) is 1. The zero-order valence-corrected chi connectivity index (χ0v) is 16.7. The third-order valence-corrected chi connectivity index (χ3v) is 5.91. The molecule has 1 fully saturated rings. The summed E-state index contributed by atoms with van der Waals surface area (Å²) < 4.78 is 20.1. The van der Waals surface area contributed by atoms with Crippen LogP contribution >= 0.6 is 0 Å². The van der Waals surface area contributed by atoms with Crippen molar-refractivity contribution >= 4 is 29.2 Å². The molecule has 2 amide bonds. The van der Waals surface area contributed by atoms with Crippen LogP contribution in [0.25, 0.3) is 0 Å². The Morgan fingerprint density at radius 3 is 2.50 bits per heavy atom. The maximum Gasteiger partial charge on any atom is 0.317 e. The lowest BCUT2D eigenvalue weighted by Crippen LogP contribution is -2.48. The molecule has 30 heavy (non-hydrogen) atoms. The van der Waals surface area contributed by atoms with Gasteiger partial charge in [-0.3, -0.25) is 19.3 Å². The number of hydrogen-bond acceptors (Lipinski definition) is 4. The minimum atomic E-state index is -1.11. The van der Waals surface area contributed by atoms with Crippen molar-refractivity contribution in [1.82, 2.24) is 0 Å². The van der Waals surface area contributed by atoms with Gasteiger partial charge in [0.15, 0.2) is 6.10 Å². The number of fused-ring (bicyclic) bond motifs is 1. The van der Waals surface area contributed by atoms with E-state index in [0.717, 1.165) is 12.8 Å². The minimum absolute atomic E-state index is 0.157. The molecule has 1 N–H and O–H groups in total. The van der Waals surface area contributed by atoms with E-state index in [1.165, 1.54) is 17.9 Å². The Labute approximate surface area is 174 Å². The Kier molecular flexibility index (Phi) is 5.28. The van der Waals surface area contributed by atoms with Crippen molar-refractivity contribution in [3.63, 3.8) is 0 Å². The van der Waals surface area contributed by atoms with Crippen LogP contribution in [0.4, 0.5) is 15.8 Å². The van der Waals surface area contributed by atoms with Gasteiger partial charge in [-0.25, -0.2) is 4.39 Å². The zero-order chi connectivity index (χ0) is 21.3. The molecule has 1 saturated carbocycles. The van der Waals surface area contributed by atoms with Gasteiger partial charge in [0.1, 0.15) is 12.4 Å². The number of carbonyl (C=O) groups excluding carboxylic acids is 3. The van der Waals surface area contributed by atoms with Gasteiger partial charge >= 0.3 is 5.97 Å². The highest BCUT2D eigenvalue weighted by Crippen LogP contribution is 2.43. The van der Waals surface area contributed by atoms with E-state index in [0.29, 0.717) is 29.8 Å². The highest BCUT2D eigenvalue weighted by atomic mass is 19.1. The molecule has 0 radical (unpaired) electrons. The molecule has 1 atom stereocenters. The summed E-state index contributed by atoms with van der Waals surface area (Å²) in [5.41, 5.74) is 0.306. The molecule has 1 aliphatic carbocycles. The fraction of sp³-hybridized carbons (Fsp3) is 0.348. The summed E-state index contributed by atoms with van der Waals surface area (Å²) in [6.07, 6.45) is 1.41. The Morgan fingerprint density at radius 1 is 1.10 bits per heavy atom. The number of nitrogens with zero attached hydrogens (tertiary/aromatic N) is 1. The average Bonchev–Trinajstić information content (AvgIpc) is 3.24. The molecule has 2 aromatic carbocycles. The first kappa shape index (κ1) is 20.1. The van der Waals surface area contributed by atoms with E-state index in [1.807, 2.05) is 0 Å². The van der Waals surface area contributed by atoms with Gasteiger partial charge in [0.2, 0.25) is 5.91 Å². The first-order valence-corrected chi connectivity index (χ1v) is 10.1. The van der Waals surface area contributed by atoms with Crippen LogP contribution in [-0.4, -0.2) is 30.4 Å². The second-order valence-electron chi connectivity index (χ2n) is 7.81. The molecule has 6 nitrogen and oxygen atoms in total.